The number of phenols is 1. The van der Waals surface area contributed by atoms with Crippen molar-refractivity contribution >= 4 is 11.7 Å². The van der Waals surface area contributed by atoms with Gasteiger partial charge in [-0.15, -0.1) is 0 Å². The van der Waals surface area contributed by atoms with Gasteiger partial charge in [0.05, 0.1) is 23.9 Å². The van der Waals surface area contributed by atoms with Gasteiger partial charge in [0.15, 0.2) is 11.5 Å². The highest BCUT2D eigenvalue weighted by atomic mass is 16.3. The second-order valence-corrected chi connectivity index (χ2v) is 5.79. The van der Waals surface area contributed by atoms with Crippen molar-refractivity contribution in [3.8, 4) is 5.75 Å². The molecule has 0 spiro atoms. The average Bonchev–Trinajstić information content (AvgIpc) is 2.87. The van der Waals surface area contributed by atoms with Crippen LogP contribution in [0.2, 0.25) is 0 Å². The molecule has 0 bridgehead atoms. The summed E-state index contributed by atoms with van der Waals surface area (Å²) in [5, 5.41) is 20.1. The van der Waals surface area contributed by atoms with E-state index in [-0.39, 0.29) is 30.1 Å². The molecule has 0 saturated carbocycles. The Hall–Kier alpha value is -3.15. The van der Waals surface area contributed by atoms with E-state index in [1.54, 1.807) is 43.5 Å². The fourth-order valence-electron chi connectivity index (χ4n) is 3.00. The Kier molecular flexibility index (Phi) is 4.52. The van der Waals surface area contributed by atoms with Crippen molar-refractivity contribution < 1.29 is 19.8 Å². The summed E-state index contributed by atoms with van der Waals surface area (Å²) in [5.41, 5.74) is 1.26. The lowest BCUT2D eigenvalue weighted by molar-refractivity contribution is -0.130. The number of benzene rings is 1. The predicted molar refractivity (Wildman–Crippen MR) is 90.6 cm³/mol. The first-order chi connectivity index (χ1) is 12.0. The van der Waals surface area contributed by atoms with Crippen LogP contribution >= 0.6 is 0 Å². The van der Waals surface area contributed by atoms with Crippen molar-refractivity contribution in [3.63, 3.8) is 0 Å². The Morgan fingerprint density at radius 2 is 2.00 bits per heavy atom. The monoisotopic (exact) mass is 338 g/mol. The molecule has 2 heterocycles. The summed E-state index contributed by atoms with van der Waals surface area (Å²) in [5.74, 6) is -1.42. The van der Waals surface area contributed by atoms with Crippen LogP contribution in [0, 0.1) is 0 Å². The van der Waals surface area contributed by atoms with Crippen LogP contribution < -0.4 is 0 Å². The lowest BCUT2D eigenvalue weighted by Gasteiger charge is -2.26. The van der Waals surface area contributed by atoms with E-state index in [0.29, 0.717) is 11.3 Å². The van der Waals surface area contributed by atoms with E-state index in [4.69, 9.17) is 0 Å². The third-order valence-corrected chi connectivity index (χ3v) is 4.17. The number of Topliss-reactive ketones (excluding diaryl/α,β-unsaturated/α-hetero) is 1. The second-order valence-electron chi connectivity index (χ2n) is 5.79. The minimum absolute atomic E-state index is 0.0254. The normalized spacial score (nSPS) is 17.2. The topological polar surface area (TPSA) is 90.7 Å². The summed E-state index contributed by atoms with van der Waals surface area (Å²) in [7, 11) is 0. The molecule has 1 unspecified atom stereocenters. The Labute approximate surface area is 145 Å². The van der Waals surface area contributed by atoms with Gasteiger partial charge in [-0.05, 0) is 29.8 Å². The van der Waals surface area contributed by atoms with Gasteiger partial charge in [0.1, 0.15) is 5.75 Å². The lowest BCUT2D eigenvalue weighted by atomic mass is 9.95. The third kappa shape index (κ3) is 3.10. The van der Waals surface area contributed by atoms with Gasteiger partial charge in [-0.25, -0.2) is 0 Å². The van der Waals surface area contributed by atoms with Crippen LogP contribution in [0.15, 0.2) is 60.0 Å². The molecular weight excluding hydrogens is 320 g/mol. The first kappa shape index (κ1) is 16.7. The first-order valence-electron chi connectivity index (χ1n) is 7.99. The summed E-state index contributed by atoms with van der Waals surface area (Å²) in [6.07, 6.45) is 1.78. The van der Waals surface area contributed by atoms with Crippen LogP contribution in [0.5, 0.6) is 5.75 Å². The van der Waals surface area contributed by atoms with E-state index >= 15 is 0 Å². The number of aliphatic hydroxyl groups excluding tert-OH is 1. The van der Waals surface area contributed by atoms with Crippen LogP contribution in [0.3, 0.4) is 0 Å². The van der Waals surface area contributed by atoms with Crippen molar-refractivity contribution in [2.75, 3.05) is 0 Å². The molecule has 1 aliphatic rings. The highest BCUT2D eigenvalue weighted by molar-refractivity contribution is 6.08. The van der Waals surface area contributed by atoms with Crippen molar-refractivity contribution in [3.05, 3.63) is 71.3 Å². The number of nitrogens with zero attached hydrogens (tertiary/aromatic N) is 2. The van der Waals surface area contributed by atoms with E-state index < -0.39 is 17.7 Å². The molecule has 6 heteroatoms. The molecular formula is C19H18N2O4. The first-order valence-corrected chi connectivity index (χ1v) is 7.99. The number of aromatic hydroxyl groups is 1. The quantitative estimate of drug-likeness (QED) is 0.874. The van der Waals surface area contributed by atoms with Crippen molar-refractivity contribution in [2.24, 2.45) is 0 Å². The van der Waals surface area contributed by atoms with Crippen LogP contribution in [-0.4, -0.2) is 31.8 Å². The molecule has 6 nitrogen and oxygen atoms in total. The van der Waals surface area contributed by atoms with Gasteiger partial charge in [-0.1, -0.05) is 25.1 Å². The number of pyridine rings is 1. The van der Waals surface area contributed by atoms with Gasteiger partial charge >= 0.3 is 0 Å². The zero-order valence-electron chi connectivity index (χ0n) is 13.7. The summed E-state index contributed by atoms with van der Waals surface area (Å²) in [6.45, 7) is 1.82. The van der Waals surface area contributed by atoms with E-state index in [1.165, 1.54) is 17.0 Å². The fourth-order valence-corrected chi connectivity index (χ4v) is 3.00. The molecule has 2 aromatic rings. The zero-order valence-corrected chi connectivity index (χ0v) is 13.7. The fraction of sp³-hybridized carbons (Fsp3) is 0.211. The molecule has 0 radical (unpaired) electrons. The van der Waals surface area contributed by atoms with E-state index in [0.717, 1.165) is 0 Å². The summed E-state index contributed by atoms with van der Waals surface area (Å²) >= 11 is 0. The maximum atomic E-state index is 12.6. The molecule has 1 aliphatic heterocycles. The SMILES string of the molecule is CCC(=O)C1=C(O)C(=O)N(Cc2ccccn2)C1c1cccc(O)c1. The number of ketones is 1. The van der Waals surface area contributed by atoms with Gasteiger partial charge in [0, 0.05) is 12.6 Å². The Morgan fingerprint density at radius 3 is 2.64 bits per heavy atom. The lowest BCUT2D eigenvalue weighted by Crippen LogP contribution is -2.31. The molecule has 0 saturated heterocycles. The zero-order chi connectivity index (χ0) is 18.0. The predicted octanol–water partition coefficient (Wildman–Crippen LogP) is 2.66. The molecule has 1 aromatic carbocycles. The van der Waals surface area contributed by atoms with Crippen molar-refractivity contribution in [1.82, 2.24) is 9.88 Å². The second kappa shape index (κ2) is 6.76. The maximum absolute atomic E-state index is 12.6. The molecule has 3 rings (SSSR count). The number of hydrogen-bond acceptors (Lipinski definition) is 5. The number of rotatable bonds is 5. The molecule has 1 aromatic heterocycles. The van der Waals surface area contributed by atoms with Crippen molar-refractivity contribution in [1.29, 1.82) is 0 Å². The minimum atomic E-state index is -0.756. The third-order valence-electron chi connectivity index (χ3n) is 4.17. The number of hydrogen-bond donors (Lipinski definition) is 2. The van der Waals surface area contributed by atoms with Gasteiger partial charge < -0.3 is 15.1 Å². The van der Waals surface area contributed by atoms with Gasteiger partial charge in [-0.3, -0.25) is 14.6 Å². The van der Waals surface area contributed by atoms with Crippen LogP contribution in [0.1, 0.15) is 30.6 Å². The number of carbonyl (C=O) groups is 2. The maximum Gasteiger partial charge on any atom is 0.290 e. The summed E-state index contributed by atoms with van der Waals surface area (Å²) in [4.78, 5) is 30.6. The van der Waals surface area contributed by atoms with E-state index in [2.05, 4.69) is 4.98 Å². The average molecular weight is 338 g/mol. The van der Waals surface area contributed by atoms with Gasteiger partial charge in [-0.2, -0.15) is 0 Å². The van der Waals surface area contributed by atoms with Gasteiger partial charge in [0.2, 0.25) is 0 Å². The molecule has 1 amide bonds. The van der Waals surface area contributed by atoms with Crippen LogP contribution in [0.4, 0.5) is 0 Å². The molecule has 25 heavy (non-hydrogen) atoms. The van der Waals surface area contributed by atoms with Crippen LogP contribution in [0.25, 0.3) is 0 Å². The standard InChI is InChI=1S/C19H18N2O4/c1-2-15(23)16-17(12-6-5-8-14(22)10-12)21(19(25)18(16)24)11-13-7-3-4-9-20-13/h3-10,17,22,24H,2,11H2,1H3. The molecule has 2 N–H and O–H groups in total. The van der Waals surface area contributed by atoms with E-state index in [1.807, 2.05) is 0 Å². The number of amides is 1. The molecule has 0 aliphatic carbocycles. The van der Waals surface area contributed by atoms with Crippen LogP contribution in [-0.2, 0) is 16.1 Å². The van der Waals surface area contributed by atoms with Crippen molar-refractivity contribution in [2.45, 2.75) is 25.9 Å². The number of phenolic OH excluding ortho intramolecular Hbond substituents is 1. The smallest absolute Gasteiger partial charge is 0.290 e. The Morgan fingerprint density at radius 1 is 1.20 bits per heavy atom. The number of carbonyl (C=O) groups excluding carboxylic acids is 2. The largest absolute Gasteiger partial charge is 0.508 e. The summed E-state index contributed by atoms with van der Waals surface area (Å²) < 4.78 is 0. The number of aromatic nitrogens is 1. The summed E-state index contributed by atoms with van der Waals surface area (Å²) in [6, 6.07) is 10.9. The minimum Gasteiger partial charge on any atom is -0.508 e. The Balaban J connectivity index is 2.07. The van der Waals surface area contributed by atoms with E-state index in [9.17, 15) is 19.8 Å². The Bertz CT molecular complexity index is 846. The highest BCUT2D eigenvalue weighted by Gasteiger charge is 2.43. The molecule has 128 valence electrons. The highest BCUT2D eigenvalue weighted by Crippen LogP contribution is 2.39. The molecule has 0 fully saturated rings. The molecule has 1 atom stereocenters. The number of aliphatic hydroxyl groups is 1. The van der Waals surface area contributed by atoms with Gasteiger partial charge in [0.25, 0.3) is 5.91 Å².